The SMILES string of the molecule is CCC(C)C1(OC(C)=O)C2CC3CC(C2)CC1C3. The van der Waals surface area contributed by atoms with Crippen LogP contribution in [-0.4, -0.2) is 11.6 Å². The largest absolute Gasteiger partial charge is 0.458 e. The molecule has 2 heteroatoms. The van der Waals surface area contributed by atoms with Crippen LogP contribution in [0.3, 0.4) is 0 Å². The van der Waals surface area contributed by atoms with Crippen molar-refractivity contribution in [1.29, 1.82) is 0 Å². The average molecular weight is 250 g/mol. The summed E-state index contributed by atoms with van der Waals surface area (Å²) in [6, 6.07) is 0. The molecule has 18 heavy (non-hydrogen) atoms. The number of ether oxygens (including phenoxy) is 1. The van der Waals surface area contributed by atoms with Crippen molar-refractivity contribution >= 4 is 5.97 Å². The third-order valence-electron chi connectivity index (χ3n) is 6.12. The Kier molecular flexibility index (Phi) is 2.95. The summed E-state index contributed by atoms with van der Waals surface area (Å²) in [7, 11) is 0. The van der Waals surface area contributed by atoms with E-state index < -0.39 is 0 Å². The Hall–Kier alpha value is -0.530. The van der Waals surface area contributed by atoms with Crippen LogP contribution in [0.25, 0.3) is 0 Å². The molecule has 4 fully saturated rings. The fourth-order valence-corrected chi connectivity index (χ4v) is 5.56. The van der Waals surface area contributed by atoms with Gasteiger partial charge in [-0.15, -0.1) is 0 Å². The summed E-state index contributed by atoms with van der Waals surface area (Å²) < 4.78 is 6.03. The highest BCUT2D eigenvalue weighted by Crippen LogP contribution is 2.62. The van der Waals surface area contributed by atoms with E-state index >= 15 is 0 Å². The maximum absolute atomic E-state index is 11.6. The number of carbonyl (C=O) groups is 1. The summed E-state index contributed by atoms with van der Waals surface area (Å²) in [6.45, 7) is 6.13. The van der Waals surface area contributed by atoms with Gasteiger partial charge in [0.15, 0.2) is 0 Å². The lowest BCUT2D eigenvalue weighted by Crippen LogP contribution is -2.62. The Labute approximate surface area is 110 Å². The molecule has 0 saturated heterocycles. The van der Waals surface area contributed by atoms with Gasteiger partial charge in [-0.2, -0.15) is 0 Å². The zero-order valence-corrected chi connectivity index (χ0v) is 11.9. The van der Waals surface area contributed by atoms with E-state index in [1.807, 2.05) is 0 Å². The second-order valence-corrected chi connectivity index (χ2v) is 7.06. The molecule has 4 bridgehead atoms. The first-order chi connectivity index (χ1) is 8.56. The highest BCUT2D eigenvalue weighted by atomic mass is 16.6. The minimum Gasteiger partial charge on any atom is -0.458 e. The van der Waals surface area contributed by atoms with Gasteiger partial charge in [0.2, 0.25) is 0 Å². The first-order valence-electron chi connectivity index (χ1n) is 7.75. The normalized spacial score (nSPS) is 47.1. The molecule has 4 aliphatic carbocycles. The highest BCUT2D eigenvalue weighted by molar-refractivity contribution is 5.66. The van der Waals surface area contributed by atoms with Gasteiger partial charge < -0.3 is 4.74 Å². The summed E-state index contributed by atoms with van der Waals surface area (Å²) >= 11 is 0. The fraction of sp³-hybridized carbons (Fsp3) is 0.938. The molecule has 0 radical (unpaired) electrons. The van der Waals surface area contributed by atoms with Gasteiger partial charge in [-0.1, -0.05) is 13.8 Å². The van der Waals surface area contributed by atoms with E-state index in [9.17, 15) is 4.79 Å². The van der Waals surface area contributed by atoms with Crippen molar-refractivity contribution < 1.29 is 9.53 Å². The molecule has 0 heterocycles. The van der Waals surface area contributed by atoms with Crippen LogP contribution >= 0.6 is 0 Å². The zero-order valence-electron chi connectivity index (χ0n) is 11.9. The molecule has 1 unspecified atom stereocenters. The molecule has 102 valence electrons. The summed E-state index contributed by atoms with van der Waals surface area (Å²) in [6.07, 6.45) is 7.81. The van der Waals surface area contributed by atoms with E-state index in [1.54, 1.807) is 6.92 Å². The van der Waals surface area contributed by atoms with E-state index in [1.165, 1.54) is 32.1 Å². The van der Waals surface area contributed by atoms with Crippen LogP contribution in [-0.2, 0) is 9.53 Å². The van der Waals surface area contributed by atoms with Gasteiger partial charge >= 0.3 is 5.97 Å². The third-order valence-corrected chi connectivity index (χ3v) is 6.12. The predicted octanol–water partition coefficient (Wildman–Crippen LogP) is 3.79. The molecule has 0 aliphatic heterocycles. The monoisotopic (exact) mass is 250 g/mol. The molecule has 0 aromatic carbocycles. The van der Waals surface area contributed by atoms with E-state index in [-0.39, 0.29) is 11.6 Å². The Balaban J connectivity index is 1.95. The molecule has 1 atom stereocenters. The van der Waals surface area contributed by atoms with Crippen molar-refractivity contribution in [3.8, 4) is 0 Å². The second-order valence-electron chi connectivity index (χ2n) is 7.06. The predicted molar refractivity (Wildman–Crippen MR) is 71.0 cm³/mol. The minimum absolute atomic E-state index is 0.0669. The summed E-state index contributed by atoms with van der Waals surface area (Å²) in [5.41, 5.74) is -0.117. The van der Waals surface area contributed by atoms with E-state index in [4.69, 9.17) is 4.74 Å². The van der Waals surface area contributed by atoms with E-state index in [2.05, 4.69) is 13.8 Å². The maximum atomic E-state index is 11.6. The van der Waals surface area contributed by atoms with Crippen molar-refractivity contribution in [1.82, 2.24) is 0 Å². The van der Waals surface area contributed by atoms with Crippen LogP contribution < -0.4 is 0 Å². The first-order valence-corrected chi connectivity index (χ1v) is 7.75. The molecule has 0 aromatic rings. The minimum atomic E-state index is -0.117. The first kappa shape index (κ1) is 12.5. The Morgan fingerprint density at radius 3 is 2.06 bits per heavy atom. The number of hydrogen-bond donors (Lipinski definition) is 0. The van der Waals surface area contributed by atoms with Crippen molar-refractivity contribution in [2.75, 3.05) is 0 Å². The van der Waals surface area contributed by atoms with Gasteiger partial charge in [0, 0.05) is 6.92 Å². The van der Waals surface area contributed by atoms with Gasteiger partial charge in [0.25, 0.3) is 0 Å². The Bertz CT molecular complexity index is 319. The van der Waals surface area contributed by atoms with Crippen molar-refractivity contribution in [3.63, 3.8) is 0 Å². The summed E-state index contributed by atoms with van der Waals surface area (Å²) in [4.78, 5) is 11.6. The number of hydrogen-bond acceptors (Lipinski definition) is 2. The molecule has 4 rings (SSSR count). The summed E-state index contributed by atoms with van der Waals surface area (Å²) in [5.74, 6) is 3.60. The second kappa shape index (κ2) is 4.25. The lowest BCUT2D eigenvalue weighted by Gasteiger charge is -2.62. The van der Waals surface area contributed by atoms with Crippen LogP contribution in [0, 0.1) is 29.6 Å². The molecular formula is C16H26O2. The van der Waals surface area contributed by atoms with Gasteiger partial charge in [0.05, 0.1) is 0 Å². The molecule has 4 aliphatic rings. The topological polar surface area (TPSA) is 26.3 Å². The molecule has 4 saturated carbocycles. The van der Waals surface area contributed by atoms with Gasteiger partial charge in [-0.25, -0.2) is 0 Å². The molecule has 0 aromatic heterocycles. The van der Waals surface area contributed by atoms with E-state index in [0.717, 1.165) is 18.3 Å². The number of carbonyl (C=O) groups excluding carboxylic acids is 1. The molecule has 2 nitrogen and oxygen atoms in total. The maximum Gasteiger partial charge on any atom is 0.303 e. The average Bonchev–Trinajstić information content (AvgIpc) is 2.31. The molecule has 0 amide bonds. The quantitative estimate of drug-likeness (QED) is 0.712. The van der Waals surface area contributed by atoms with Crippen LogP contribution in [0.4, 0.5) is 0 Å². The zero-order chi connectivity index (χ0) is 12.9. The van der Waals surface area contributed by atoms with Crippen molar-refractivity contribution in [3.05, 3.63) is 0 Å². The van der Waals surface area contributed by atoms with E-state index in [0.29, 0.717) is 17.8 Å². The van der Waals surface area contributed by atoms with Gasteiger partial charge in [-0.3, -0.25) is 4.79 Å². The van der Waals surface area contributed by atoms with Crippen LogP contribution in [0.15, 0.2) is 0 Å². The summed E-state index contributed by atoms with van der Waals surface area (Å²) in [5, 5.41) is 0. The fourth-order valence-electron chi connectivity index (χ4n) is 5.56. The molecule has 0 spiro atoms. The van der Waals surface area contributed by atoms with Gasteiger partial charge in [-0.05, 0) is 68.1 Å². The lowest BCUT2D eigenvalue weighted by atomic mass is 9.47. The standard InChI is InChI=1S/C16H26O2/c1-4-10(2)16(18-11(3)17)14-6-12-5-13(8-14)9-15(16)7-12/h10,12-15H,4-9H2,1-3H3. The Morgan fingerprint density at radius 1 is 1.17 bits per heavy atom. The molecule has 0 N–H and O–H groups in total. The van der Waals surface area contributed by atoms with Crippen LogP contribution in [0.2, 0.25) is 0 Å². The van der Waals surface area contributed by atoms with Crippen molar-refractivity contribution in [2.45, 2.75) is 64.9 Å². The molecular weight excluding hydrogens is 224 g/mol. The number of esters is 1. The lowest BCUT2D eigenvalue weighted by molar-refractivity contribution is -0.225. The highest BCUT2D eigenvalue weighted by Gasteiger charge is 2.61. The van der Waals surface area contributed by atoms with Crippen LogP contribution in [0.1, 0.15) is 59.3 Å². The van der Waals surface area contributed by atoms with Crippen LogP contribution in [0.5, 0.6) is 0 Å². The smallest absolute Gasteiger partial charge is 0.303 e. The number of rotatable bonds is 3. The third kappa shape index (κ3) is 1.64. The van der Waals surface area contributed by atoms with Gasteiger partial charge in [0.1, 0.15) is 5.60 Å². The Morgan fingerprint density at radius 2 is 1.67 bits per heavy atom. The van der Waals surface area contributed by atoms with Crippen molar-refractivity contribution in [2.24, 2.45) is 29.6 Å².